The summed E-state index contributed by atoms with van der Waals surface area (Å²) in [6.45, 7) is -0.228. The van der Waals surface area contributed by atoms with E-state index in [1.54, 1.807) is 0 Å². The first-order valence-corrected chi connectivity index (χ1v) is 12.3. The molecule has 0 aliphatic heterocycles. The van der Waals surface area contributed by atoms with Gasteiger partial charge in [-0.1, -0.05) is 70.0 Å². The summed E-state index contributed by atoms with van der Waals surface area (Å²) in [5.74, 6) is -0.538. The minimum Gasteiger partial charge on any atom is -0.272 e. The van der Waals surface area contributed by atoms with Crippen molar-refractivity contribution in [2.75, 3.05) is 13.1 Å². The van der Waals surface area contributed by atoms with Crippen LogP contribution in [0.15, 0.2) is 93.3 Å². The van der Waals surface area contributed by atoms with Crippen molar-refractivity contribution in [3.05, 3.63) is 99.5 Å². The van der Waals surface area contributed by atoms with Crippen molar-refractivity contribution >= 4 is 49.7 Å². The highest BCUT2D eigenvalue weighted by molar-refractivity contribution is 9.10. The van der Waals surface area contributed by atoms with Crippen molar-refractivity contribution in [3.63, 3.8) is 0 Å². The maximum atomic E-state index is 13.2. The minimum absolute atomic E-state index is 0.0705. The Morgan fingerprint density at radius 3 is 2.31 bits per heavy atom. The summed E-state index contributed by atoms with van der Waals surface area (Å²) in [6, 6.07) is 22.7. The Morgan fingerprint density at radius 1 is 1.00 bits per heavy atom. The van der Waals surface area contributed by atoms with Gasteiger partial charge in [-0.25, -0.2) is 13.8 Å². The molecule has 166 valence electrons. The third-order valence-electron chi connectivity index (χ3n) is 4.54. The second-order valence-corrected chi connectivity index (χ2v) is 10.2. The first-order valence-electron chi connectivity index (χ1n) is 9.72. The fourth-order valence-electron chi connectivity index (χ4n) is 2.86. The van der Waals surface area contributed by atoms with Gasteiger partial charge in [-0.15, -0.1) is 0 Å². The van der Waals surface area contributed by atoms with Crippen LogP contribution in [0.25, 0.3) is 0 Å². The van der Waals surface area contributed by atoms with Crippen molar-refractivity contribution in [1.29, 1.82) is 0 Å². The van der Waals surface area contributed by atoms with E-state index in [1.165, 1.54) is 30.5 Å². The monoisotopic (exact) mass is 533 g/mol. The number of carbonyl (C=O) groups excluding carboxylic acids is 1. The zero-order valence-corrected chi connectivity index (χ0v) is 20.1. The van der Waals surface area contributed by atoms with E-state index in [-0.39, 0.29) is 18.0 Å². The molecule has 0 unspecified atom stereocenters. The molecule has 0 aromatic heterocycles. The van der Waals surface area contributed by atoms with Gasteiger partial charge in [0.05, 0.1) is 17.7 Å². The van der Waals surface area contributed by atoms with Crippen LogP contribution in [-0.2, 0) is 21.2 Å². The van der Waals surface area contributed by atoms with Gasteiger partial charge in [0.15, 0.2) is 0 Å². The van der Waals surface area contributed by atoms with Crippen molar-refractivity contribution in [1.82, 2.24) is 9.73 Å². The first-order chi connectivity index (χ1) is 15.3. The van der Waals surface area contributed by atoms with E-state index in [4.69, 9.17) is 11.6 Å². The van der Waals surface area contributed by atoms with Crippen LogP contribution in [-0.4, -0.2) is 37.9 Å². The zero-order valence-electron chi connectivity index (χ0n) is 17.0. The van der Waals surface area contributed by atoms with E-state index in [9.17, 15) is 13.2 Å². The first kappa shape index (κ1) is 24.1. The SMILES string of the molecule is O=C(CN(CCc1ccccc1)S(=O)(=O)c1ccc(Cl)cc1)N/N=C/c1ccc(Br)cc1. The molecule has 0 saturated carbocycles. The molecular weight excluding hydrogens is 514 g/mol. The van der Waals surface area contributed by atoms with Gasteiger partial charge in [-0.2, -0.15) is 9.41 Å². The molecule has 3 aromatic rings. The molecule has 0 atom stereocenters. The predicted octanol–water partition coefficient (Wildman–Crippen LogP) is 4.49. The fraction of sp³-hybridized carbons (Fsp3) is 0.130. The summed E-state index contributed by atoms with van der Waals surface area (Å²) >= 11 is 9.25. The maximum absolute atomic E-state index is 13.2. The third kappa shape index (κ3) is 7.00. The molecule has 0 spiro atoms. The average Bonchev–Trinajstić information content (AvgIpc) is 2.79. The summed E-state index contributed by atoms with van der Waals surface area (Å²) in [7, 11) is -3.91. The van der Waals surface area contributed by atoms with Gasteiger partial charge in [0.1, 0.15) is 0 Å². The van der Waals surface area contributed by atoms with Crippen LogP contribution in [0.2, 0.25) is 5.02 Å². The number of carbonyl (C=O) groups is 1. The van der Waals surface area contributed by atoms with Gasteiger partial charge in [0, 0.05) is 16.0 Å². The van der Waals surface area contributed by atoms with E-state index in [2.05, 4.69) is 26.5 Å². The van der Waals surface area contributed by atoms with Gasteiger partial charge >= 0.3 is 0 Å². The number of hydrazone groups is 1. The largest absolute Gasteiger partial charge is 0.272 e. The van der Waals surface area contributed by atoms with E-state index >= 15 is 0 Å². The number of halogens is 2. The third-order valence-corrected chi connectivity index (χ3v) is 7.18. The lowest BCUT2D eigenvalue weighted by molar-refractivity contribution is -0.121. The number of sulfonamides is 1. The molecule has 9 heteroatoms. The lowest BCUT2D eigenvalue weighted by atomic mass is 10.1. The Morgan fingerprint density at radius 2 is 1.66 bits per heavy atom. The lowest BCUT2D eigenvalue weighted by Crippen LogP contribution is -2.40. The standard InChI is InChI=1S/C23H21BrClN3O3S/c24-20-8-6-19(7-9-20)16-26-27-23(29)17-28(15-14-18-4-2-1-3-5-18)32(30,31)22-12-10-21(25)11-13-22/h1-13,16H,14-15,17H2,(H,27,29)/b26-16+. The Balaban J connectivity index is 1.72. The Bertz CT molecular complexity index is 1170. The summed E-state index contributed by atoms with van der Waals surface area (Å²) < 4.78 is 28.5. The molecule has 0 heterocycles. The van der Waals surface area contributed by atoms with Crippen LogP contribution in [0.4, 0.5) is 0 Å². The molecule has 1 N–H and O–H groups in total. The maximum Gasteiger partial charge on any atom is 0.255 e. The van der Waals surface area contributed by atoms with Gasteiger partial charge in [0.2, 0.25) is 10.0 Å². The molecule has 0 bridgehead atoms. The second-order valence-electron chi connectivity index (χ2n) is 6.87. The smallest absolute Gasteiger partial charge is 0.255 e. The van der Waals surface area contributed by atoms with E-state index in [1.807, 2.05) is 54.6 Å². The normalized spacial score (nSPS) is 11.7. The molecule has 0 fully saturated rings. The van der Waals surface area contributed by atoms with Gasteiger partial charge in [-0.3, -0.25) is 4.79 Å². The topological polar surface area (TPSA) is 78.8 Å². The summed E-state index contributed by atoms with van der Waals surface area (Å²) in [4.78, 5) is 12.6. The lowest BCUT2D eigenvalue weighted by Gasteiger charge is -2.21. The zero-order chi connectivity index (χ0) is 23.0. The predicted molar refractivity (Wildman–Crippen MR) is 130 cm³/mol. The Kier molecular flexibility index (Phi) is 8.58. The van der Waals surface area contributed by atoms with Crippen LogP contribution < -0.4 is 5.43 Å². The number of benzene rings is 3. The summed E-state index contributed by atoms with van der Waals surface area (Å²) in [5, 5.41) is 4.36. The van der Waals surface area contributed by atoms with Crippen LogP contribution in [0.1, 0.15) is 11.1 Å². The Labute approximate surface area is 201 Å². The number of hydrogen-bond donors (Lipinski definition) is 1. The highest BCUT2D eigenvalue weighted by Gasteiger charge is 2.26. The van der Waals surface area contributed by atoms with Crippen molar-refractivity contribution in [3.8, 4) is 0 Å². The second kappa shape index (κ2) is 11.4. The molecule has 3 rings (SSSR count). The van der Waals surface area contributed by atoms with Gasteiger partial charge < -0.3 is 0 Å². The summed E-state index contributed by atoms with van der Waals surface area (Å²) in [6.07, 6.45) is 1.95. The van der Waals surface area contributed by atoms with Crippen molar-refractivity contribution < 1.29 is 13.2 Å². The van der Waals surface area contributed by atoms with Crippen molar-refractivity contribution in [2.45, 2.75) is 11.3 Å². The minimum atomic E-state index is -3.91. The van der Waals surface area contributed by atoms with Gasteiger partial charge in [-0.05, 0) is 53.9 Å². The molecular formula is C23H21BrClN3O3S. The molecule has 0 radical (unpaired) electrons. The van der Waals surface area contributed by atoms with Crippen molar-refractivity contribution in [2.24, 2.45) is 5.10 Å². The van der Waals surface area contributed by atoms with Crippen LogP contribution >= 0.6 is 27.5 Å². The van der Waals surface area contributed by atoms with Gasteiger partial charge in [0.25, 0.3) is 5.91 Å². The Hall–Kier alpha value is -2.52. The van der Waals surface area contributed by atoms with E-state index < -0.39 is 15.9 Å². The summed E-state index contributed by atoms with van der Waals surface area (Å²) in [5.41, 5.74) is 4.16. The number of rotatable bonds is 9. The molecule has 0 aliphatic carbocycles. The number of nitrogens with one attached hydrogen (secondary N) is 1. The quantitative estimate of drug-likeness (QED) is 0.325. The molecule has 32 heavy (non-hydrogen) atoms. The van der Waals surface area contributed by atoms with Crippen LogP contribution in [0, 0.1) is 0 Å². The van der Waals surface area contributed by atoms with Crippen LogP contribution in [0.5, 0.6) is 0 Å². The van der Waals surface area contributed by atoms with Crippen LogP contribution in [0.3, 0.4) is 0 Å². The van der Waals surface area contributed by atoms with E-state index in [0.717, 1.165) is 19.9 Å². The highest BCUT2D eigenvalue weighted by atomic mass is 79.9. The van der Waals surface area contributed by atoms with E-state index in [0.29, 0.717) is 11.4 Å². The number of hydrogen-bond acceptors (Lipinski definition) is 4. The number of amides is 1. The average molecular weight is 535 g/mol. The highest BCUT2D eigenvalue weighted by Crippen LogP contribution is 2.19. The molecule has 0 aliphatic rings. The molecule has 0 saturated heterocycles. The molecule has 6 nitrogen and oxygen atoms in total. The number of nitrogens with zero attached hydrogens (tertiary/aromatic N) is 2. The molecule has 3 aromatic carbocycles. The molecule has 1 amide bonds. The fourth-order valence-corrected chi connectivity index (χ4v) is 4.65.